The molecule has 0 aliphatic carbocycles. The van der Waals surface area contributed by atoms with E-state index in [4.69, 9.17) is 16.9 Å². The van der Waals surface area contributed by atoms with Crippen molar-refractivity contribution in [3.8, 4) is 6.07 Å². The SMILES string of the molecule is N#Cc1cc(Br)ccc1NC(=O)c1ccc(Cl)nc1. The Balaban J connectivity index is 2.24. The largest absolute Gasteiger partial charge is 0.321 e. The summed E-state index contributed by atoms with van der Waals surface area (Å²) >= 11 is 8.92. The topological polar surface area (TPSA) is 65.8 Å². The number of halogens is 2. The fourth-order valence-corrected chi connectivity index (χ4v) is 1.90. The van der Waals surface area contributed by atoms with E-state index in [1.54, 1.807) is 24.3 Å². The third-order valence-corrected chi connectivity index (χ3v) is 3.06. The van der Waals surface area contributed by atoms with Crippen LogP contribution in [0.15, 0.2) is 41.0 Å². The number of benzene rings is 1. The predicted molar refractivity (Wildman–Crippen MR) is 76.1 cm³/mol. The van der Waals surface area contributed by atoms with Crippen LogP contribution in [0.5, 0.6) is 0 Å². The first-order valence-corrected chi connectivity index (χ1v) is 6.40. The maximum Gasteiger partial charge on any atom is 0.257 e. The van der Waals surface area contributed by atoms with Gasteiger partial charge in [-0.25, -0.2) is 4.98 Å². The molecule has 2 rings (SSSR count). The Morgan fingerprint density at radius 1 is 1.37 bits per heavy atom. The highest BCUT2D eigenvalue weighted by molar-refractivity contribution is 9.10. The molecule has 19 heavy (non-hydrogen) atoms. The normalized spacial score (nSPS) is 9.74. The van der Waals surface area contributed by atoms with Crippen molar-refractivity contribution in [3.63, 3.8) is 0 Å². The number of carbonyl (C=O) groups excluding carboxylic acids is 1. The predicted octanol–water partition coefficient (Wildman–Crippen LogP) is 3.62. The van der Waals surface area contributed by atoms with Gasteiger partial charge in [-0.05, 0) is 30.3 Å². The van der Waals surface area contributed by atoms with E-state index in [1.807, 2.05) is 6.07 Å². The van der Waals surface area contributed by atoms with Gasteiger partial charge in [0.2, 0.25) is 0 Å². The summed E-state index contributed by atoms with van der Waals surface area (Å²) in [6, 6.07) is 10.2. The first-order valence-electron chi connectivity index (χ1n) is 5.22. The zero-order valence-electron chi connectivity index (χ0n) is 9.52. The second kappa shape index (κ2) is 5.83. The number of carbonyl (C=O) groups is 1. The summed E-state index contributed by atoms with van der Waals surface area (Å²) in [5.74, 6) is -0.344. The number of amides is 1. The van der Waals surface area contributed by atoms with Crippen molar-refractivity contribution >= 4 is 39.1 Å². The van der Waals surface area contributed by atoms with E-state index < -0.39 is 0 Å². The molecule has 2 aromatic rings. The number of aromatic nitrogens is 1. The van der Waals surface area contributed by atoms with Crippen LogP contribution in [0.1, 0.15) is 15.9 Å². The molecule has 1 aromatic heterocycles. The Kier molecular flexibility index (Phi) is 4.15. The van der Waals surface area contributed by atoms with Crippen molar-refractivity contribution in [3.05, 3.63) is 57.3 Å². The third-order valence-electron chi connectivity index (χ3n) is 2.34. The van der Waals surface area contributed by atoms with Crippen LogP contribution in [0.25, 0.3) is 0 Å². The van der Waals surface area contributed by atoms with Gasteiger partial charge in [-0.2, -0.15) is 5.26 Å². The average Bonchev–Trinajstić information content (AvgIpc) is 2.41. The van der Waals surface area contributed by atoms with Gasteiger partial charge in [0, 0.05) is 10.7 Å². The van der Waals surface area contributed by atoms with E-state index in [1.165, 1.54) is 12.3 Å². The minimum Gasteiger partial charge on any atom is -0.321 e. The smallest absolute Gasteiger partial charge is 0.257 e. The van der Waals surface area contributed by atoms with Crippen molar-refractivity contribution in [1.29, 1.82) is 5.26 Å². The average molecular weight is 337 g/mol. The maximum absolute atomic E-state index is 12.0. The van der Waals surface area contributed by atoms with Gasteiger partial charge >= 0.3 is 0 Å². The number of nitrogens with zero attached hydrogens (tertiary/aromatic N) is 2. The van der Waals surface area contributed by atoms with Crippen molar-refractivity contribution in [1.82, 2.24) is 4.98 Å². The molecule has 0 radical (unpaired) electrons. The van der Waals surface area contributed by atoms with E-state index in [9.17, 15) is 4.79 Å². The molecular formula is C13H7BrClN3O. The Bertz CT molecular complexity index is 665. The molecule has 0 aliphatic rings. The fraction of sp³-hybridized carbons (Fsp3) is 0. The number of rotatable bonds is 2. The zero-order valence-corrected chi connectivity index (χ0v) is 11.9. The van der Waals surface area contributed by atoms with E-state index in [0.717, 1.165) is 4.47 Å². The van der Waals surface area contributed by atoms with Crippen LogP contribution in [0.4, 0.5) is 5.69 Å². The van der Waals surface area contributed by atoms with Crippen LogP contribution in [-0.4, -0.2) is 10.9 Å². The summed E-state index contributed by atoms with van der Waals surface area (Å²) in [4.78, 5) is 15.8. The van der Waals surface area contributed by atoms with Crippen molar-refractivity contribution < 1.29 is 4.79 Å². The first kappa shape index (κ1) is 13.5. The number of pyridine rings is 1. The number of nitrogens with one attached hydrogen (secondary N) is 1. The molecule has 1 heterocycles. The quantitative estimate of drug-likeness (QED) is 0.852. The second-order valence-electron chi connectivity index (χ2n) is 3.63. The van der Waals surface area contributed by atoms with E-state index in [0.29, 0.717) is 22.0 Å². The first-order chi connectivity index (χ1) is 9.10. The van der Waals surface area contributed by atoms with Gasteiger partial charge in [0.1, 0.15) is 11.2 Å². The lowest BCUT2D eigenvalue weighted by Gasteiger charge is -2.07. The molecule has 1 amide bonds. The Hall–Kier alpha value is -1.90. The summed E-state index contributed by atoms with van der Waals surface area (Å²) in [6.07, 6.45) is 1.38. The van der Waals surface area contributed by atoms with Crippen molar-refractivity contribution in [2.45, 2.75) is 0 Å². The lowest BCUT2D eigenvalue weighted by atomic mass is 10.2. The van der Waals surface area contributed by atoms with E-state index in [2.05, 4.69) is 26.2 Å². The van der Waals surface area contributed by atoms with E-state index >= 15 is 0 Å². The summed E-state index contributed by atoms with van der Waals surface area (Å²) in [7, 11) is 0. The standard InChI is InChI=1S/C13H7BrClN3O/c14-10-2-3-11(9(5-10)6-16)18-13(19)8-1-4-12(15)17-7-8/h1-5,7H,(H,18,19). The van der Waals surface area contributed by atoms with Gasteiger partial charge in [0.15, 0.2) is 0 Å². The molecule has 4 nitrogen and oxygen atoms in total. The van der Waals surface area contributed by atoms with Crippen molar-refractivity contribution in [2.24, 2.45) is 0 Å². The summed E-state index contributed by atoms with van der Waals surface area (Å²) in [6.45, 7) is 0. The van der Waals surface area contributed by atoms with Gasteiger partial charge in [-0.3, -0.25) is 4.79 Å². The molecule has 6 heteroatoms. The third kappa shape index (κ3) is 3.31. The lowest BCUT2D eigenvalue weighted by molar-refractivity contribution is 0.102. The highest BCUT2D eigenvalue weighted by Crippen LogP contribution is 2.21. The Labute approximate surface area is 123 Å². The summed E-state index contributed by atoms with van der Waals surface area (Å²) < 4.78 is 0.773. The van der Waals surface area contributed by atoms with Crippen molar-refractivity contribution in [2.75, 3.05) is 5.32 Å². The Morgan fingerprint density at radius 2 is 2.16 bits per heavy atom. The van der Waals surface area contributed by atoms with Crippen LogP contribution in [0.3, 0.4) is 0 Å². The van der Waals surface area contributed by atoms with Crippen LogP contribution >= 0.6 is 27.5 Å². The van der Waals surface area contributed by atoms with E-state index in [-0.39, 0.29) is 5.91 Å². The van der Waals surface area contributed by atoms with Crippen LogP contribution in [0.2, 0.25) is 5.15 Å². The summed E-state index contributed by atoms with van der Waals surface area (Å²) in [5.41, 5.74) is 1.20. The maximum atomic E-state index is 12.0. The summed E-state index contributed by atoms with van der Waals surface area (Å²) in [5, 5.41) is 12.0. The van der Waals surface area contributed by atoms with Gasteiger partial charge < -0.3 is 5.32 Å². The number of hydrogen-bond acceptors (Lipinski definition) is 3. The Morgan fingerprint density at radius 3 is 2.79 bits per heavy atom. The molecule has 0 spiro atoms. The van der Waals surface area contributed by atoms with Gasteiger partial charge in [0.25, 0.3) is 5.91 Å². The molecule has 0 unspecified atom stereocenters. The molecule has 1 N–H and O–H groups in total. The van der Waals surface area contributed by atoms with Crippen LogP contribution < -0.4 is 5.32 Å². The highest BCUT2D eigenvalue weighted by Gasteiger charge is 2.09. The van der Waals surface area contributed by atoms with Gasteiger partial charge in [-0.1, -0.05) is 27.5 Å². The molecule has 0 saturated carbocycles. The molecular weight excluding hydrogens is 330 g/mol. The monoisotopic (exact) mass is 335 g/mol. The molecule has 0 fully saturated rings. The molecule has 0 atom stereocenters. The fourth-order valence-electron chi connectivity index (χ4n) is 1.42. The van der Waals surface area contributed by atoms with Gasteiger partial charge in [0.05, 0.1) is 16.8 Å². The lowest BCUT2D eigenvalue weighted by Crippen LogP contribution is -2.13. The molecule has 0 saturated heterocycles. The molecule has 0 aliphatic heterocycles. The molecule has 94 valence electrons. The second-order valence-corrected chi connectivity index (χ2v) is 4.93. The van der Waals surface area contributed by atoms with Crippen LogP contribution in [-0.2, 0) is 0 Å². The number of hydrogen-bond donors (Lipinski definition) is 1. The number of anilines is 1. The number of nitriles is 1. The zero-order chi connectivity index (χ0) is 13.8. The molecule has 1 aromatic carbocycles. The molecule has 0 bridgehead atoms. The van der Waals surface area contributed by atoms with Crippen LogP contribution in [0, 0.1) is 11.3 Å². The minimum absolute atomic E-state index is 0.318. The van der Waals surface area contributed by atoms with Gasteiger partial charge in [-0.15, -0.1) is 0 Å². The minimum atomic E-state index is -0.344. The highest BCUT2D eigenvalue weighted by atomic mass is 79.9.